The van der Waals surface area contributed by atoms with E-state index in [0.717, 1.165) is 16.8 Å². The van der Waals surface area contributed by atoms with Crippen molar-refractivity contribution in [2.75, 3.05) is 31.2 Å². The van der Waals surface area contributed by atoms with Gasteiger partial charge in [0.05, 0.1) is 26.1 Å². The summed E-state index contributed by atoms with van der Waals surface area (Å²) >= 11 is 0. The van der Waals surface area contributed by atoms with E-state index in [9.17, 15) is 9.59 Å². The summed E-state index contributed by atoms with van der Waals surface area (Å²) in [5.74, 6) is -0.442. The molecular formula is C19H29NO4. The van der Waals surface area contributed by atoms with Crippen LogP contribution in [-0.2, 0) is 19.1 Å². The minimum atomic E-state index is -0.221. The van der Waals surface area contributed by atoms with Crippen LogP contribution in [0.5, 0.6) is 0 Å². The molecule has 0 aromatic heterocycles. The summed E-state index contributed by atoms with van der Waals surface area (Å²) in [6, 6.07) is 4.23. The zero-order valence-electron chi connectivity index (χ0n) is 15.5. The van der Waals surface area contributed by atoms with Crippen LogP contribution in [0.15, 0.2) is 12.1 Å². The highest BCUT2D eigenvalue weighted by atomic mass is 16.5. The van der Waals surface area contributed by atoms with Crippen molar-refractivity contribution in [3.05, 3.63) is 28.8 Å². The first kappa shape index (κ1) is 20.0. The van der Waals surface area contributed by atoms with Gasteiger partial charge in [0.25, 0.3) is 0 Å². The zero-order chi connectivity index (χ0) is 18.1. The van der Waals surface area contributed by atoms with Gasteiger partial charge in [0.15, 0.2) is 0 Å². The van der Waals surface area contributed by atoms with Crippen LogP contribution in [0.25, 0.3) is 0 Å². The lowest BCUT2D eigenvalue weighted by Crippen LogP contribution is -2.30. The van der Waals surface area contributed by atoms with E-state index in [1.807, 2.05) is 0 Å². The first-order valence-corrected chi connectivity index (χ1v) is 8.53. The molecule has 0 aliphatic heterocycles. The van der Waals surface area contributed by atoms with Gasteiger partial charge in [-0.1, -0.05) is 17.7 Å². The molecular weight excluding hydrogens is 306 g/mol. The largest absolute Gasteiger partial charge is 0.466 e. The quantitative estimate of drug-likeness (QED) is 0.648. The van der Waals surface area contributed by atoms with Crippen molar-refractivity contribution < 1.29 is 19.1 Å². The van der Waals surface area contributed by atoms with Crippen LogP contribution in [0.4, 0.5) is 5.69 Å². The topological polar surface area (TPSA) is 55.8 Å². The number of carbonyl (C=O) groups is 2. The van der Waals surface area contributed by atoms with Gasteiger partial charge in [0.2, 0.25) is 0 Å². The number of carbonyl (C=O) groups excluding carboxylic acids is 2. The lowest BCUT2D eigenvalue weighted by molar-refractivity contribution is -0.143. The molecule has 1 aromatic rings. The predicted octanol–water partition coefficient (Wildman–Crippen LogP) is 3.32. The molecule has 0 spiro atoms. The van der Waals surface area contributed by atoms with Crippen LogP contribution in [0.3, 0.4) is 0 Å². The minimum absolute atomic E-state index is 0.221. The van der Waals surface area contributed by atoms with Gasteiger partial charge in [-0.05, 0) is 45.7 Å². The standard InChI is InChI=1S/C19H29NO4/c1-6-23-17(21)8-10-20(11-9-18(22)24-7-2)19-15(4)12-14(3)13-16(19)5/h12-13H,6-11H2,1-5H3. The Morgan fingerprint density at radius 2 is 1.29 bits per heavy atom. The molecule has 0 saturated heterocycles. The lowest BCUT2D eigenvalue weighted by atomic mass is 10.0. The molecule has 1 rings (SSSR count). The van der Waals surface area contributed by atoms with Gasteiger partial charge < -0.3 is 14.4 Å². The molecule has 0 atom stereocenters. The highest BCUT2D eigenvalue weighted by Crippen LogP contribution is 2.27. The van der Waals surface area contributed by atoms with Crippen molar-refractivity contribution in [1.82, 2.24) is 0 Å². The molecule has 5 heteroatoms. The molecule has 5 nitrogen and oxygen atoms in total. The Morgan fingerprint density at radius 3 is 1.67 bits per heavy atom. The number of rotatable bonds is 9. The molecule has 0 heterocycles. The van der Waals surface area contributed by atoms with E-state index in [2.05, 4.69) is 37.8 Å². The first-order chi connectivity index (χ1) is 11.4. The number of hydrogen-bond donors (Lipinski definition) is 0. The van der Waals surface area contributed by atoms with Crippen LogP contribution in [0, 0.1) is 20.8 Å². The molecule has 0 N–H and O–H groups in total. The van der Waals surface area contributed by atoms with Crippen LogP contribution >= 0.6 is 0 Å². The second-order valence-electron chi connectivity index (χ2n) is 5.84. The van der Waals surface area contributed by atoms with E-state index >= 15 is 0 Å². The molecule has 0 radical (unpaired) electrons. The van der Waals surface area contributed by atoms with Crippen molar-refractivity contribution in [3.8, 4) is 0 Å². The Morgan fingerprint density at radius 1 is 0.875 bits per heavy atom. The number of aryl methyl sites for hydroxylation is 3. The van der Waals surface area contributed by atoms with Crippen molar-refractivity contribution in [1.29, 1.82) is 0 Å². The molecule has 0 saturated carbocycles. The maximum Gasteiger partial charge on any atom is 0.307 e. The van der Waals surface area contributed by atoms with Gasteiger partial charge in [-0.15, -0.1) is 0 Å². The monoisotopic (exact) mass is 335 g/mol. The predicted molar refractivity (Wildman–Crippen MR) is 95.4 cm³/mol. The number of anilines is 1. The molecule has 134 valence electrons. The van der Waals surface area contributed by atoms with Gasteiger partial charge in [-0.2, -0.15) is 0 Å². The average Bonchev–Trinajstić information content (AvgIpc) is 2.49. The lowest BCUT2D eigenvalue weighted by Gasteiger charge is -2.28. The number of benzene rings is 1. The fraction of sp³-hybridized carbons (Fsp3) is 0.579. The Labute approximate surface area is 144 Å². The summed E-state index contributed by atoms with van der Waals surface area (Å²) in [4.78, 5) is 25.5. The maximum absolute atomic E-state index is 11.7. The summed E-state index contributed by atoms with van der Waals surface area (Å²) < 4.78 is 10.0. The van der Waals surface area contributed by atoms with Crippen molar-refractivity contribution in [2.45, 2.75) is 47.5 Å². The number of esters is 2. The first-order valence-electron chi connectivity index (χ1n) is 8.53. The molecule has 24 heavy (non-hydrogen) atoms. The summed E-state index contributed by atoms with van der Waals surface area (Å²) in [7, 11) is 0. The summed E-state index contributed by atoms with van der Waals surface area (Å²) in [5, 5.41) is 0. The molecule has 0 aliphatic carbocycles. The number of ether oxygens (including phenoxy) is 2. The Hall–Kier alpha value is -2.04. The van der Waals surface area contributed by atoms with Crippen molar-refractivity contribution >= 4 is 17.6 Å². The Kier molecular flexibility index (Phi) is 8.30. The van der Waals surface area contributed by atoms with Crippen molar-refractivity contribution in [2.24, 2.45) is 0 Å². The molecule has 1 aromatic carbocycles. The Bertz CT molecular complexity index is 523. The van der Waals surface area contributed by atoms with E-state index in [0.29, 0.717) is 39.1 Å². The summed E-state index contributed by atoms with van der Waals surface area (Å²) in [6.07, 6.45) is 0.590. The zero-order valence-corrected chi connectivity index (χ0v) is 15.5. The second kappa shape index (κ2) is 9.96. The number of hydrogen-bond acceptors (Lipinski definition) is 5. The molecule has 0 fully saturated rings. The molecule has 0 amide bonds. The highest BCUT2D eigenvalue weighted by Gasteiger charge is 2.16. The van der Waals surface area contributed by atoms with Crippen LogP contribution < -0.4 is 4.90 Å². The Balaban J connectivity index is 2.91. The summed E-state index contributed by atoms with van der Waals surface area (Å²) in [6.45, 7) is 11.6. The van der Waals surface area contributed by atoms with E-state index in [4.69, 9.17) is 9.47 Å². The third kappa shape index (κ3) is 6.22. The fourth-order valence-electron chi connectivity index (χ4n) is 2.93. The van der Waals surface area contributed by atoms with Crippen LogP contribution in [0.2, 0.25) is 0 Å². The van der Waals surface area contributed by atoms with Crippen LogP contribution in [-0.4, -0.2) is 38.2 Å². The SMILES string of the molecule is CCOC(=O)CCN(CCC(=O)OCC)c1c(C)cc(C)cc1C. The highest BCUT2D eigenvalue weighted by molar-refractivity contribution is 5.72. The maximum atomic E-state index is 11.7. The molecule has 0 bridgehead atoms. The van der Waals surface area contributed by atoms with Crippen molar-refractivity contribution in [3.63, 3.8) is 0 Å². The van der Waals surface area contributed by atoms with Gasteiger partial charge in [0.1, 0.15) is 0 Å². The molecule has 0 unspecified atom stereocenters. The van der Waals surface area contributed by atoms with E-state index in [-0.39, 0.29) is 11.9 Å². The molecule has 0 aliphatic rings. The van der Waals surface area contributed by atoms with E-state index < -0.39 is 0 Å². The van der Waals surface area contributed by atoms with E-state index in [1.165, 1.54) is 5.56 Å². The second-order valence-corrected chi connectivity index (χ2v) is 5.84. The van der Waals surface area contributed by atoms with E-state index in [1.54, 1.807) is 13.8 Å². The smallest absolute Gasteiger partial charge is 0.307 e. The average molecular weight is 335 g/mol. The van der Waals surface area contributed by atoms with Gasteiger partial charge in [-0.3, -0.25) is 9.59 Å². The van der Waals surface area contributed by atoms with Gasteiger partial charge in [-0.25, -0.2) is 0 Å². The van der Waals surface area contributed by atoms with Gasteiger partial charge in [0, 0.05) is 18.8 Å². The third-order valence-electron chi connectivity index (χ3n) is 3.73. The fourth-order valence-corrected chi connectivity index (χ4v) is 2.93. The van der Waals surface area contributed by atoms with Crippen LogP contribution in [0.1, 0.15) is 43.4 Å². The summed E-state index contributed by atoms with van der Waals surface area (Å²) in [5.41, 5.74) is 4.55. The normalized spacial score (nSPS) is 10.4. The minimum Gasteiger partial charge on any atom is -0.466 e. The third-order valence-corrected chi connectivity index (χ3v) is 3.73. The van der Waals surface area contributed by atoms with Gasteiger partial charge >= 0.3 is 11.9 Å². The number of nitrogens with zero attached hydrogens (tertiary/aromatic N) is 1.